The minimum absolute atomic E-state index is 0.0257. The Morgan fingerprint density at radius 2 is 1.58 bits per heavy atom. The lowest BCUT2D eigenvalue weighted by Gasteiger charge is -2.34. The summed E-state index contributed by atoms with van der Waals surface area (Å²) in [5.74, 6) is -0.843. The number of fused-ring (bicyclic) bond motifs is 1. The summed E-state index contributed by atoms with van der Waals surface area (Å²) >= 11 is 0. The molecule has 0 bridgehead atoms. The maximum absolute atomic E-state index is 13.1. The summed E-state index contributed by atoms with van der Waals surface area (Å²) < 4.78 is 84.5. The van der Waals surface area contributed by atoms with Gasteiger partial charge in [-0.25, -0.2) is 0 Å². The van der Waals surface area contributed by atoms with Crippen LogP contribution in [0.3, 0.4) is 0 Å². The lowest BCUT2D eigenvalue weighted by molar-refractivity contribution is -0.143. The van der Waals surface area contributed by atoms with Gasteiger partial charge in [0, 0.05) is 18.5 Å². The number of halogens is 6. The molecule has 1 amide bonds. The molecule has 10 heteroatoms. The van der Waals surface area contributed by atoms with Crippen molar-refractivity contribution in [1.29, 1.82) is 0 Å². The topological polar surface area (TPSA) is 46.6 Å². The standard InChI is InChI=1S/C21H15F6NO3/c22-20(23,24)13-7-12(8-14(9-13)21(25,26)27)18(30)28-6-5-19(11-28)10-16(29)15-3-1-2-4-17(15)31-19/h1-4,7-9H,5-6,10-11H2. The summed E-state index contributed by atoms with van der Waals surface area (Å²) in [7, 11) is 0. The quantitative estimate of drug-likeness (QED) is 0.585. The molecule has 1 atom stereocenters. The van der Waals surface area contributed by atoms with Gasteiger partial charge >= 0.3 is 12.4 Å². The van der Waals surface area contributed by atoms with Crippen LogP contribution in [0.25, 0.3) is 0 Å². The Morgan fingerprint density at radius 3 is 2.19 bits per heavy atom. The number of amides is 1. The van der Waals surface area contributed by atoms with Crippen molar-refractivity contribution in [2.45, 2.75) is 30.8 Å². The van der Waals surface area contributed by atoms with E-state index in [1.807, 2.05) is 0 Å². The molecule has 0 saturated carbocycles. The SMILES string of the molecule is O=C1CC2(CCN(C(=O)c3cc(C(F)(F)F)cc(C(F)(F)F)c3)C2)Oc2ccccc21. The molecule has 2 aliphatic rings. The van der Waals surface area contributed by atoms with E-state index in [4.69, 9.17) is 4.74 Å². The first kappa shape index (κ1) is 21.2. The zero-order valence-corrected chi connectivity index (χ0v) is 15.8. The second-order valence-electron chi connectivity index (χ2n) is 7.65. The fourth-order valence-electron chi connectivity index (χ4n) is 3.95. The van der Waals surface area contributed by atoms with E-state index in [2.05, 4.69) is 0 Å². The molecule has 2 heterocycles. The number of rotatable bonds is 1. The first-order valence-electron chi connectivity index (χ1n) is 9.28. The van der Waals surface area contributed by atoms with Gasteiger partial charge in [-0.15, -0.1) is 0 Å². The number of alkyl halides is 6. The van der Waals surface area contributed by atoms with Crippen molar-refractivity contribution in [2.75, 3.05) is 13.1 Å². The van der Waals surface area contributed by atoms with E-state index in [-0.39, 0.29) is 37.8 Å². The van der Waals surface area contributed by atoms with Crippen molar-refractivity contribution in [3.8, 4) is 5.75 Å². The van der Waals surface area contributed by atoms with Crippen LogP contribution in [0.4, 0.5) is 26.3 Å². The molecule has 0 aliphatic carbocycles. The van der Waals surface area contributed by atoms with Gasteiger partial charge in [-0.2, -0.15) is 26.3 Å². The molecule has 1 fully saturated rings. The molecule has 0 N–H and O–H groups in total. The molecule has 4 rings (SSSR count). The molecule has 0 radical (unpaired) electrons. The Bertz CT molecular complexity index is 1030. The lowest BCUT2D eigenvalue weighted by atomic mass is 9.89. The van der Waals surface area contributed by atoms with Crippen LogP contribution >= 0.6 is 0 Å². The Balaban J connectivity index is 1.62. The fraction of sp³-hybridized carbons (Fsp3) is 0.333. The number of hydrogen-bond donors (Lipinski definition) is 0. The first-order chi connectivity index (χ1) is 14.4. The number of benzene rings is 2. The summed E-state index contributed by atoms with van der Waals surface area (Å²) in [5.41, 5.74) is -4.50. The van der Waals surface area contributed by atoms with Crippen LogP contribution in [-0.2, 0) is 12.4 Å². The van der Waals surface area contributed by atoms with Crippen molar-refractivity contribution in [3.63, 3.8) is 0 Å². The van der Waals surface area contributed by atoms with E-state index >= 15 is 0 Å². The predicted octanol–water partition coefficient (Wildman–Crippen LogP) is 4.97. The minimum Gasteiger partial charge on any atom is -0.484 e. The highest BCUT2D eigenvalue weighted by Gasteiger charge is 2.47. The Hall–Kier alpha value is -3.04. The maximum atomic E-state index is 13.1. The van der Waals surface area contributed by atoms with Gasteiger partial charge in [-0.05, 0) is 30.3 Å². The summed E-state index contributed by atoms with van der Waals surface area (Å²) in [5, 5.41) is 0. The second kappa shape index (κ2) is 7.00. The van der Waals surface area contributed by atoms with Crippen LogP contribution in [0.5, 0.6) is 5.75 Å². The number of Topliss-reactive ketones (excluding diaryl/α,β-unsaturated/α-hetero) is 1. The Kier molecular flexibility index (Phi) is 4.79. The number of carbonyl (C=O) groups excluding carboxylic acids is 2. The average molecular weight is 443 g/mol. The van der Waals surface area contributed by atoms with Crippen LogP contribution in [-0.4, -0.2) is 35.3 Å². The highest BCUT2D eigenvalue weighted by molar-refractivity contribution is 6.00. The van der Waals surface area contributed by atoms with E-state index in [0.717, 1.165) is 4.90 Å². The van der Waals surface area contributed by atoms with E-state index in [1.165, 1.54) is 0 Å². The number of hydrogen-bond acceptors (Lipinski definition) is 3. The van der Waals surface area contributed by atoms with Crippen molar-refractivity contribution in [1.82, 2.24) is 4.90 Å². The van der Waals surface area contributed by atoms with Gasteiger partial charge in [0.05, 0.1) is 29.7 Å². The van der Waals surface area contributed by atoms with Gasteiger partial charge in [-0.1, -0.05) is 12.1 Å². The molecule has 4 nitrogen and oxygen atoms in total. The van der Waals surface area contributed by atoms with Gasteiger partial charge in [0.2, 0.25) is 0 Å². The van der Waals surface area contributed by atoms with Crippen molar-refractivity contribution in [3.05, 3.63) is 64.7 Å². The van der Waals surface area contributed by atoms with Gasteiger partial charge < -0.3 is 9.64 Å². The lowest BCUT2D eigenvalue weighted by Crippen LogP contribution is -2.45. The molecule has 0 aromatic heterocycles. The minimum atomic E-state index is -5.05. The van der Waals surface area contributed by atoms with Crippen molar-refractivity contribution in [2.24, 2.45) is 0 Å². The van der Waals surface area contributed by atoms with Crippen LogP contribution < -0.4 is 4.74 Å². The molecule has 164 valence electrons. The molecule has 31 heavy (non-hydrogen) atoms. The van der Waals surface area contributed by atoms with Crippen molar-refractivity contribution < 1.29 is 40.7 Å². The number of ether oxygens (including phenoxy) is 1. The maximum Gasteiger partial charge on any atom is 0.416 e. The number of para-hydroxylation sites is 1. The van der Waals surface area contributed by atoms with Crippen LogP contribution in [0.1, 0.15) is 44.7 Å². The van der Waals surface area contributed by atoms with E-state index in [0.29, 0.717) is 23.4 Å². The average Bonchev–Trinajstić information content (AvgIpc) is 3.08. The molecule has 1 spiro atoms. The normalized spacial score (nSPS) is 21.2. The number of likely N-dealkylation sites (tertiary alicyclic amines) is 1. The number of ketones is 1. The third kappa shape index (κ3) is 3.98. The third-order valence-corrected chi connectivity index (χ3v) is 5.43. The summed E-state index contributed by atoms with van der Waals surface area (Å²) in [6, 6.07) is 7.33. The first-order valence-corrected chi connectivity index (χ1v) is 9.28. The Labute approximate surface area is 172 Å². The third-order valence-electron chi connectivity index (χ3n) is 5.43. The van der Waals surface area contributed by atoms with Gasteiger partial charge in [0.15, 0.2) is 5.78 Å². The Morgan fingerprint density at radius 1 is 0.968 bits per heavy atom. The van der Waals surface area contributed by atoms with Gasteiger partial charge in [-0.3, -0.25) is 9.59 Å². The molecule has 2 aromatic rings. The zero-order valence-electron chi connectivity index (χ0n) is 15.8. The monoisotopic (exact) mass is 443 g/mol. The molecule has 1 unspecified atom stereocenters. The highest BCUT2D eigenvalue weighted by Crippen LogP contribution is 2.40. The van der Waals surface area contributed by atoms with Crippen LogP contribution in [0.15, 0.2) is 42.5 Å². The highest BCUT2D eigenvalue weighted by atomic mass is 19.4. The largest absolute Gasteiger partial charge is 0.484 e. The molecular weight excluding hydrogens is 428 g/mol. The van der Waals surface area contributed by atoms with E-state index in [9.17, 15) is 35.9 Å². The summed E-state index contributed by atoms with van der Waals surface area (Å²) in [6.07, 6.45) is -9.91. The zero-order chi connectivity index (χ0) is 22.6. The molecular formula is C21H15F6NO3. The van der Waals surface area contributed by atoms with Gasteiger partial charge in [0.1, 0.15) is 11.4 Å². The van der Waals surface area contributed by atoms with Crippen molar-refractivity contribution >= 4 is 11.7 Å². The van der Waals surface area contributed by atoms with E-state index < -0.39 is 40.6 Å². The predicted molar refractivity (Wildman–Crippen MR) is 95.7 cm³/mol. The fourth-order valence-corrected chi connectivity index (χ4v) is 3.95. The smallest absolute Gasteiger partial charge is 0.416 e. The van der Waals surface area contributed by atoms with Crippen LogP contribution in [0.2, 0.25) is 0 Å². The van der Waals surface area contributed by atoms with E-state index in [1.54, 1.807) is 24.3 Å². The van der Waals surface area contributed by atoms with Crippen LogP contribution in [0, 0.1) is 0 Å². The molecule has 1 saturated heterocycles. The molecule has 2 aromatic carbocycles. The van der Waals surface area contributed by atoms with Gasteiger partial charge in [0.25, 0.3) is 5.91 Å². The number of carbonyl (C=O) groups is 2. The second-order valence-corrected chi connectivity index (χ2v) is 7.65. The number of nitrogens with zero attached hydrogens (tertiary/aromatic N) is 1. The summed E-state index contributed by atoms with van der Waals surface area (Å²) in [6.45, 7) is -0.0879. The summed E-state index contributed by atoms with van der Waals surface area (Å²) in [4.78, 5) is 26.4. The molecule has 2 aliphatic heterocycles.